The van der Waals surface area contributed by atoms with Crippen LogP contribution in [-0.4, -0.2) is 27.8 Å². The molecule has 6 nitrogen and oxygen atoms in total. The fourth-order valence-corrected chi connectivity index (χ4v) is 1.34. The van der Waals surface area contributed by atoms with Crippen LogP contribution >= 0.6 is 11.8 Å². The second kappa shape index (κ2) is 6.08. The molecule has 0 fully saturated rings. The smallest absolute Gasteiger partial charge is 0.436 e. The van der Waals surface area contributed by atoms with E-state index in [-0.39, 0.29) is 5.17 Å². The van der Waals surface area contributed by atoms with Gasteiger partial charge in [-0.3, -0.25) is 0 Å². The molecule has 0 atom stereocenters. The van der Waals surface area contributed by atoms with Gasteiger partial charge < -0.3 is 15.2 Å². The van der Waals surface area contributed by atoms with Gasteiger partial charge in [-0.1, -0.05) is 0 Å². The number of rotatable bonds is 0. The van der Waals surface area contributed by atoms with Gasteiger partial charge in [0.05, 0.1) is 0 Å². The first-order valence-electron chi connectivity index (χ1n) is 5.37. The number of hydrogen-bond acceptors (Lipinski definition) is 5. The maximum absolute atomic E-state index is 11.4. The fourth-order valence-electron chi connectivity index (χ4n) is 0.754. The minimum atomic E-state index is -0.837. The maximum Gasteiger partial charge on any atom is 0.436 e. The van der Waals surface area contributed by atoms with Gasteiger partial charge >= 0.3 is 11.4 Å². The number of hydrogen-bond donors (Lipinski definition) is 1. The number of amidine groups is 1. The number of carbonyl (C=O) groups is 2. The Hall–Kier alpha value is -1.24. The van der Waals surface area contributed by atoms with Gasteiger partial charge in [-0.2, -0.15) is 4.99 Å². The summed E-state index contributed by atoms with van der Waals surface area (Å²) in [4.78, 5) is 26.1. The number of ether oxygens (including phenoxy) is 2. The van der Waals surface area contributed by atoms with Crippen LogP contribution in [0.5, 0.6) is 0 Å². The van der Waals surface area contributed by atoms with Crippen molar-refractivity contribution >= 4 is 28.3 Å². The largest absolute Gasteiger partial charge is 0.452 e. The van der Waals surface area contributed by atoms with E-state index < -0.39 is 22.6 Å². The summed E-state index contributed by atoms with van der Waals surface area (Å²) in [6, 6.07) is 0. The molecule has 0 bridgehead atoms. The lowest BCUT2D eigenvalue weighted by atomic mass is 10.2. The van der Waals surface area contributed by atoms with E-state index in [2.05, 4.69) is 4.99 Å². The van der Waals surface area contributed by atoms with Gasteiger partial charge in [0, 0.05) is 11.8 Å². The van der Waals surface area contributed by atoms with E-state index in [1.165, 1.54) is 0 Å². The Morgan fingerprint density at radius 3 is 1.83 bits per heavy atom. The minimum absolute atomic E-state index is 0.210. The van der Waals surface area contributed by atoms with Crippen molar-refractivity contribution in [3.05, 3.63) is 0 Å². The molecule has 18 heavy (non-hydrogen) atoms. The third kappa shape index (κ3) is 9.95. The molecule has 1 amide bonds. The maximum atomic E-state index is 11.4. The molecule has 104 valence electrons. The molecular formula is C11H20N2O4S. The summed E-state index contributed by atoms with van der Waals surface area (Å²) in [5.41, 5.74) is 4.15. The first-order valence-corrected chi connectivity index (χ1v) is 6.19. The van der Waals surface area contributed by atoms with E-state index in [0.717, 1.165) is 0 Å². The van der Waals surface area contributed by atoms with E-state index in [1.807, 2.05) is 0 Å². The van der Waals surface area contributed by atoms with Crippen LogP contribution in [0, 0.1) is 0 Å². The van der Waals surface area contributed by atoms with Crippen LogP contribution in [0.2, 0.25) is 0 Å². The van der Waals surface area contributed by atoms with Crippen LogP contribution in [0.3, 0.4) is 0 Å². The first-order chi connectivity index (χ1) is 7.89. The second-order valence-corrected chi connectivity index (χ2v) is 6.45. The predicted octanol–water partition coefficient (Wildman–Crippen LogP) is 2.90. The highest BCUT2D eigenvalue weighted by Gasteiger charge is 2.20. The molecule has 0 unspecified atom stereocenters. The molecule has 0 heterocycles. The average molecular weight is 276 g/mol. The SMILES string of the molecule is CC(C)(C)OC(=O)N=C(N)SC(=O)OC(C)(C)C. The van der Waals surface area contributed by atoms with Crippen LogP contribution in [0.1, 0.15) is 41.5 Å². The predicted molar refractivity (Wildman–Crippen MR) is 71.7 cm³/mol. The number of nitrogens with zero attached hydrogens (tertiary/aromatic N) is 1. The standard InChI is InChI=1S/C11H20N2O4S/c1-10(2,3)16-8(14)13-7(12)18-9(15)17-11(4,5)6/h1-6H3,(H2,12,13,14). The molecule has 0 saturated carbocycles. The molecule has 7 heteroatoms. The Labute approximate surface area is 111 Å². The van der Waals surface area contributed by atoms with Crippen molar-refractivity contribution in [1.82, 2.24) is 0 Å². The van der Waals surface area contributed by atoms with Gasteiger partial charge in [0.1, 0.15) is 11.2 Å². The van der Waals surface area contributed by atoms with Crippen LogP contribution in [0.15, 0.2) is 4.99 Å². The summed E-state index contributed by atoms with van der Waals surface area (Å²) in [7, 11) is 0. The van der Waals surface area contributed by atoms with Crippen molar-refractivity contribution in [2.75, 3.05) is 0 Å². The number of aliphatic imine (C=N–C) groups is 1. The Bertz CT molecular complexity index is 353. The van der Waals surface area contributed by atoms with Crippen molar-refractivity contribution in [2.24, 2.45) is 10.7 Å². The topological polar surface area (TPSA) is 91.0 Å². The summed E-state index contributed by atoms with van der Waals surface area (Å²) < 4.78 is 9.92. The highest BCUT2D eigenvalue weighted by molar-refractivity contribution is 8.26. The molecule has 0 aliphatic heterocycles. The lowest BCUT2D eigenvalue weighted by Crippen LogP contribution is -2.25. The normalized spacial score (nSPS) is 13.1. The summed E-state index contributed by atoms with van der Waals surface area (Å²) in [6.45, 7) is 10.3. The monoisotopic (exact) mass is 276 g/mol. The molecule has 0 aromatic carbocycles. The average Bonchev–Trinajstić information content (AvgIpc) is 1.92. The Morgan fingerprint density at radius 2 is 1.44 bits per heavy atom. The van der Waals surface area contributed by atoms with E-state index in [1.54, 1.807) is 41.5 Å². The highest BCUT2D eigenvalue weighted by atomic mass is 32.2. The zero-order valence-electron chi connectivity index (χ0n) is 11.6. The zero-order valence-corrected chi connectivity index (χ0v) is 12.4. The third-order valence-electron chi connectivity index (χ3n) is 1.17. The van der Waals surface area contributed by atoms with Gasteiger partial charge in [-0.05, 0) is 41.5 Å². The minimum Gasteiger partial charge on any atom is -0.452 e. The van der Waals surface area contributed by atoms with Crippen molar-refractivity contribution in [3.8, 4) is 0 Å². The number of nitrogens with two attached hydrogens (primary N) is 1. The van der Waals surface area contributed by atoms with Crippen molar-refractivity contribution in [2.45, 2.75) is 52.7 Å². The van der Waals surface area contributed by atoms with E-state index in [9.17, 15) is 9.59 Å². The lowest BCUT2D eigenvalue weighted by Gasteiger charge is -2.19. The van der Waals surface area contributed by atoms with E-state index in [0.29, 0.717) is 11.8 Å². The van der Waals surface area contributed by atoms with Gasteiger partial charge in [0.25, 0.3) is 0 Å². The summed E-state index contributed by atoms with van der Waals surface area (Å²) in [6.07, 6.45) is -0.837. The zero-order chi connectivity index (χ0) is 14.6. The quantitative estimate of drug-likeness (QED) is 0.415. The number of thioether (sulfide) groups is 1. The molecule has 0 saturated heterocycles. The highest BCUT2D eigenvalue weighted by Crippen LogP contribution is 2.15. The Kier molecular flexibility index (Phi) is 5.66. The third-order valence-corrected chi connectivity index (χ3v) is 1.72. The van der Waals surface area contributed by atoms with Crippen LogP contribution in [-0.2, 0) is 9.47 Å². The number of carbonyl (C=O) groups excluding carboxylic acids is 2. The summed E-state index contributed by atoms with van der Waals surface area (Å²) in [5, 5.41) is -0.828. The van der Waals surface area contributed by atoms with Crippen LogP contribution < -0.4 is 5.73 Å². The molecule has 0 aromatic rings. The fraction of sp³-hybridized carbons (Fsp3) is 0.727. The molecule has 0 aliphatic carbocycles. The molecule has 0 spiro atoms. The van der Waals surface area contributed by atoms with Gasteiger partial charge in [-0.15, -0.1) is 0 Å². The summed E-state index contributed by atoms with van der Waals surface area (Å²) >= 11 is 0.547. The van der Waals surface area contributed by atoms with Gasteiger partial charge in [-0.25, -0.2) is 9.59 Å². The lowest BCUT2D eigenvalue weighted by molar-refractivity contribution is 0.0604. The summed E-state index contributed by atoms with van der Waals surface area (Å²) in [5.74, 6) is 0. The Morgan fingerprint density at radius 1 is 1.00 bits per heavy atom. The van der Waals surface area contributed by atoms with Crippen LogP contribution in [0.25, 0.3) is 0 Å². The Balaban J connectivity index is 4.36. The van der Waals surface area contributed by atoms with Gasteiger partial charge in [0.2, 0.25) is 0 Å². The first kappa shape index (κ1) is 16.8. The second-order valence-electron chi connectivity index (χ2n) is 5.50. The molecule has 0 rings (SSSR count). The molecular weight excluding hydrogens is 256 g/mol. The molecule has 0 aliphatic rings. The van der Waals surface area contributed by atoms with E-state index in [4.69, 9.17) is 15.2 Å². The number of amides is 1. The van der Waals surface area contributed by atoms with Crippen molar-refractivity contribution < 1.29 is 19.1 Å². The van der Waals surface area contributed by atoms with Crippen LogP contribution in [0.4, 0.5) is 9.59 Å². The molecule has 2 N–H and O–H groups in total. The van der Waals surface area contributed by atoms with Crippen molar-refractivity contribution in [1.29, 1.82) is 0 Å². The van der Waals surface area contributed by atoms with Gasteiger partial charge in [0.15, 0.2) is 5.17 Å². The van der Waals surface area contributed by atoms with Crippen molar-refractivity contribution in [3.63, 3.8) is 0 Å². The van der Waals surface area contributed by atoms with E-state index >= 15 is 0 Å². The molecule has 0 aromatic heterocycles. The molecule has 0 radical (unpaired) electrons.